The molecule has 0 radical (unpaired) electrons. The summed E-state index contributed by atoms with van der Waals surface area (Å²) >= 11 is 5.05. The minimum Gasteiger partial charge on any atom is -0.294 e. The van der Waals surface area contributed by atoms with Crippen molar-refractivity contribution in [2.75, 3.05) is 0 Å². The van der Waals surface area contributed by atoms with Crippen molar-refractivity contribution in [3.8, 4) is 0 Å². The van der Waals surface area contributed by atoms with Crippen molar-refractivity contribution in [3.05, 3.63) is 33.1 Å². The number of hydrogen-bond donors (Lipinski definition) is 0. The molecule has 1 nitrogen and oxygen atoms in total. The summed E-state index contributed by atoms with van der Waals surface area (Å²) in [4.78, 5) is 12.2. The van der Waals surface area contributed by atoms with Gasteiger partial charge < -0.3 is 0 Å². The zero-order chi connectivity index (χ0) is 10.3. The number of halogens is 1. The largest absolute Gasteiger partial charge is 0.294 e. The van der Waals surface area contributed by atoms with Gasteiger partial charge in [-0.2, -0.15) is 0 Å². The lowest BCUT2D eigenvalue weighted by molar-refractivity contribution is 0.102. The zero-order valence-corrected chi connectivity index (χ0v) is 10.3. The van der Waals surface area contributed by atoms with E-state index in [0.29, 0.717) is 0 Å². The highest BCUT2D eigenvalue weighted by atomic mass is 79.9. The van der Waals surface area contributed by atoms with Gasteiger partial charge in [-0.25, -0.2) is 0 Å². The van der Waals surface area contributed by atoms with E-state index >= 15 is 0 Å². The molecule has 2 aromatic rings. The van der Waals surface area contributed by atoms with Crippen molar-refractivity contribution >= 4 is 43.1 Å². The van der Waals surface area contributed by atoms with E-state index in [-0.39, 0.29) is 5.78 Å². The molecule has 0 fully saturated rings. The molecule has 0 bridgehead atoms. The first-order valence-electron chi connectivity index (χ1n) is 4.30. The predicted octanol–water partition coefficient (Wildman–Crippen LogP) is 4.17. The minimum atomic E-state index is 0.149. The maximum absolute atomic E-state index is 11.3. The summed E-state index contributed by atoms with van der Waals surface area (Å²) in [7, 11) is 0. The first kappa shape index (κ1) is 9.87. The Labute approximate surface area is 94.9 Å². The Hall–Kier alpha value is -0.670. The average Bonchev–Trinajstić information content (AvgIpc) is 2.46. The summed E-state index contributed by atoms with van der Waals surface area (Å²) in [6.45, 7) is 3.62. The van der Waals surface area contributed by atoms with Crippen LogP contribution in [0.5, 0.6) is 0 Å². The Bertz CT molecular complexity index is 513. The molecule has 0 N–H and O–H groups in total. The molecule has 72 valence electrons. The van der Waals surface area contributed by atoms with E-state index < -0.39 is 0 Å². The lowest BCUT2D eigenvalue weighted by Crippen LogP contribution is -1.88. The number of benzene rings is 1. The summed E-state index contributed by atoms with van der Waals surface area (Å²) < 4.78 is 2.23. The Kier molecular flexibility index (Phi) is 2.45. The summed E-state index contributed by atoms with van der Waals surface area (Å²) in [6.07, 6.45) is 0. The lowest BCUT2D eigenvalue weighted by atomic mass is 10.1. The van der Waals surface area contributed by atoms with Crippen LogP contribution in [-0.4, -0.2) is 5.78 Å². The van der Waals surface area contributed by atoms with Crippen LogP contribution in [0.4, 0.5) is 0 Å². The fraction of sp³-hybridized carbons (Fsp3) is 0.182. The van der Waals surface area contributed by atoms with Gasteiger partial charge in [0.2, 0.25) is 0 Å². The summed E-state index contributed by atoms with van der Waals surface area (Å²) in [6, 6.07) is 6.05. The van der Waals surface area contributed by atoms with E-state index in [9.17, 15) is 4.79 Å². The first-order chi connectivity index (χ1) is 6.61. The normalized spacial score (nSPS) is 10.8. The van der Waals surface area contributed by atoms with Gasteiger partial charge in [0.05, 0.1) is 4.88 Å². The van der Waals surface area contributed by atoms with Crippen molar-refractivity contribution in [2.24, 2.45) is 0 Å². The fourth-order valence-corrected chi connectivity index (χ4v) is 3.26. The molecule has 0 amide bonds. The Morgan fingerprint density at radius 3 is 2.71 bits per heavy atom. The monoisotopic (exact) mass is 268 g/mol. The number of aryl methyl sites for hydroxylation is 1. The van der Waals surface area contributed by atoms with Crippen LogP contribution in [0.3, 0.4) is 0 Å². The number of Topliss-reactive ketones (excluding diaryl/α,β-unsaturated/α-hetero) is 1. The fourth-order valence-electron chi connectivity index (χ4n) is 1.54. The molecule has 0 saturated heterocycles. The van der Waals surface area contributed by atoms with Crippen molar-refractivity contribution in [3.63, 3.8) is 0 Å². The first-order valence-corrected chi connectivity index (χ1v) is 5.90. The average molecular weight is 269 g/mol. The van der Waals surface area contributed by atoms with Crippen LogP contribution in [0.15, 0.2) is 22.7 Å². The number of ketones is 1. The van der Waals surface area contributed by atoms with Crippen LogP contribution >= 0.6 is 27.3 Å². The third-order valence-electron chi connectivity index (χ3n) is 2.24. The van der Waals surface area contributed by atoms with Gasteiger partial charge in [-0.1, -0.05) is 12.1 Å². The number of rotatable bonds is 1. The molecule has 1 aromatic heterocycles. The molecule has 3 heteroatoms. The van der Waals surface area contributed by atoms with Gasteiger partial charge in [0.1, 0.15) is 0 Å². The predicted molar refractivity (Wildman–Crippen MR) is 64.3 cm³/mol. The van der Waals surface area contributed by atoms with Crippen LogP contribution in [0.1, 0.15) is 22.2 Å². The van der Waals surface area contributed by atoms with E-state index in [1.165, 1.54) is 5.39 Å². The maximum Gasteiger partial charge on any atom is 0.170 e. The highest BCUT2D eigenvalue weighted by Crippen LogP contribution is 2.35. The molecule has 0 unspecified atom stereocenters. The molecule has 2 rings (SSSR count). The quantitative estimate of drug-likeness (QED) is 0.710. The zero-order valence-electron chi connectivity index (χ0n) is 7.93. The van der Waals surface area contributed by atoms with E-state index in [1.807, 2.05) is 19.1 Å². The molecular formula is C11H9BrOS. The topological polar surface area (TPSA) is 17.1 Å². The van der Waals surface area contributed by atoms with E-state index in [1.54, 1.807) is 18.3 Å². The van der Waals surface area contributed by atoms with Crippen molar-refractivity contribution in [1.82, 2.24) is 0 Å². The number of carbonyl (C=O) groups is 1. The Balaban J connectivity index is 2.86. The van der Waals surface area contributed by atoms with Crippen LogP contribution in [-0.2, 0) is 0 Å². The van der Waals surface area contributed by atoms with Gasteiger partial charge in [0.25, 0.3) is 0 Å². The molecule has 0 atom stereocenters. The highest BCUT2D eigenvalue weighted by Gasteiger charge is 2.12. The molecule has 0 saturated carbocycles. The summed E-state index contributed by atoms with van der Waals surface area (Å²) in [5.41, 5.74) is 1.10. The third kappa shape index (κ3) is 1.41. The second-order valence-corrected chi connectivity index (χ2v) is 5.10. The second-order valence-electron chi connectivity index (χ2n) is 3.23. The molecule has 0 aliphatic heterocycles. The van der Waals surface area contributed by atoms with E-state index in [0.717, 1.165) is 19.6 Å². The minimum absolute atomic E-state index is 0.149. The van der Waals surface area contributed by atoms with Crippen LogP contribution < -0.4 is 0 Å². The van der Waals surface area contributed by atoms with Gasteiger partial charge in [-0.05, 0) is 46.8 Å². The van der Waals surface area contributed by atoms with Crippen molar-refractivity contribution < 1.29 is 4.79 Å². The van der Waals surface area contributed by atoms with Gasteiger partial charge in [-0.3, -0.25) is 4.79 Å². The molecule has 1 aromatic carbocycles. The molecule has 14 heavy (non-hydrogen) atoms. The number of thiophene rings is 1. The van der Waals surface area contributed by atoms with Crippen LogP contribution in [0, 0.1) is 6.92 Å². The SMILES string of the molecule is CC(=O)c1sc2c(Br)cccc2c1C. The number of carbonyl (C=O) groups excluding carboxylic acids is 1. The highest BCUT2D eigenvalue weighted by molar-refractivity contribution is 9.10. The van der Waals surface area contributed by atoms with Gasteiger partial charge in [0.15, 0.2) is 5.78 Å². The van der Waals surface area contributed by atoms with Crippen LogP contribution in [0.2, 0.25) is 0 Å². The maximum atomic E-state index is 11.3. The van der Waals surface area contributed by atoms with E-state index in [2.05, 4.69) is 22.0 Å². The Morgan fingerprint density at radius 1 is 1.43 bits per heavy atom. The summed E-state index contributed by atoms with van der Waals surface area (Å²) in [5, 5.41) is 1.18. The van der Waals surface area contributed by atoms with Crippen molar-refractivity contribution in [2.45, 2.75) is 13.8 Å². The number of fused-ring (bicyclic) bond motifs is 1. The number of hydrogen-bond acceptors (Lipinski definition) is 2. The molecular weight excluding hydrogens is 260 g/mol. The van der Waals surface area contributed by atoms with Crippen LogP contribution in [0.25, 0.3) is 10.1 Å². The van der Waals surface area contributed by atoms with Gasteiger partial charge >= 0.3 is 0 Å². The third-order valence-corrected chi connectivity index (χ3v) is 4.60. The molecule has 1 heterocycles. The molecule has 0 aliphatic rings. The standard InChI is InChI=1S/C11H9BrOS/c1-6-8-4-3-5-9(12)11(8)14-10(6)7(2)13/h3-5H,1-2H3. The smallest absolute Gasteiger partial charge is 0.170 e. The van der Waals surface area contributed by atoms with Gasteiger partial charge in [0, 0.05) is 9.17 Å². The van der Waals surface area contributed by atoms with E-state index in [4.69, 9.17) is 0 Å². The summed E-state index contributed by atoms with van der Waals surface area (Å²) in [5.74, 6) is 0.149. The molecule has 0 aliphatic carbocycles. The lowest BCUT2D eigenvalue weighted by Gasteiger charge is -1.93. The molecule has 0 spiro atoms. The Morgan fingerprint density at radius 2 is 2.14 bits per heavy atom. The second kappa shape index (κ2) is 3.48. The van der Waals surface area contributed by atoms with Crippen molar-refractivity contribution in [1.29, 1.82) is 0 Å². The van der Waals surface area contributed by atoms with Gasteiger partial charge in [-0.15, -0.1) is 11.3 Å².